The first-order chi connectivity index (χ1) is 8.70. The van der Waals surface area contributed by atoms with E-state index >= 15 is 0 Å². The highest BCUT2D eigenvalue weighted by Crippen LogP contribution is 2.35. The first-order valence-electron chi connectivity index (χ1n) is 7.74. The largest absolute Gasteiger partial charge is 0.0654 e. The fourth-order valence-corrected chi connectivity index (χ4v) is 2.67. The Labute approximate surface area is 114 Å². The highest BCUT2D eigenvalue weighted by Gasteiger charge is 2.22. The zero-order valence-electron chi connectivity index (χ0n) is 12.5. The first kappa shape index (κ1) is 15.3. The summed E-state index contributed by atoms with van der Waals surface area (Å²) in [5, 5.41) is 0. The monoisotopic (exact) mass is 246 g/mol. The Morgan fingerprint density at radius 2 is 1.39 bits per heavy atom. The van der Waals surface area contributed by atoms with Crippen molar-refractivity contribution in [3.05, 3.63) is 35.9 Å². The van der Waals surface area contributed by atoms with Crippen molar-refractivity contribution >= 4 is 0 Å². The predicted molar refractivity (Wildman–Crippen MR) is 81.9 cm³/mol. The molecule has 0 saturated heterocycles. The summed E-state index contributed by atoms with van der Waals surface area (Å²) in [5.41, 5.74) is 2.05. The van der Waals surface area contributed by atoms with Crippen LogP contribution in [-0.2, 0) is 6.42 Å². The lowest BCUT2D eigenvalue weighted by Crippen LogP contribution is -2.17. The molecule has 0 heteroatoms. The highest BCUT2D eigenvalue weighted by molar-refractivity contribution is 5.14. The average Bonchev–Trinajstić information content (AvgIpc) is 2.42. The van der Waals surface area contributed by atoms with Crippen LogP contribution in [0.5, 0.6) is 0 Å². The van der Waals surface area contributed by atoms with Crippen LogP contribution in [0.2, 0.25) is 0 Å². The summed E-state index contributed by atoms with van der Waals surface area (Å²) < 4.78 is 0. The molecule has 0 unspecified atom stereocenters. The molecule has 1 rings (SSSR count). The number of unbranched alkanes of at least 4 members (excludes halogenated alkanes) is 2. The molecule has 0 bridgehead atoms. The molecular formula is C18H30. The summed E-state index contributed by atoms with van der Waals surface area (Å²) >= 11 is 0. The van der Waals surface area contributed by atoms with Gasteiger partial charge in [-0.15, -0.1) is 0 Å². The summed E-state index contributed by atoms with van der Waals surface area (Å²) in [6, 6.07) is 11.0. The van der Waals surface area contributed by atoms with Crippen molar-refractivity contribution < 1.29 is 0 Å². The molecule has 0 aliphatic rings. The van der Waals surface area contributed by atoms with Crippen LogP contribution in [0.3, 0.4) is 0 Å². The Morgan fingerprint density at radius 1 is 0.833 bits per heavy atom. The van der Waals surface area contributed by atoms with Gasteiger partial charge >= 0.3 is 0 Å². The van der Waals surface area contributed by atoms with Crippen LogP contribution in [0.1, 0.15) is 71.3 Å². The Balaban J connectivity index is 2.49. The maximum Gasteiger partial charge on any atom is -0.0274 e. The molecule has 0 heterocycles. The number of aryl methyl sites for hydroxylation is 1. The molecule has 1 aromatic rings. The first-order valence-corrected chi connectivity index (χ1v) is 7.74. The SMILES string of the molecule is CCCCC(C)(CCCC)CCc1ccccc1. The molecule has 0 radical (unpaired) electrons. The molecular weight excluding hydrogens is 216 g/mol. The van der Waals surface area contributed by atoms with Crippen LogP contribution >= 0.6 is 0 Å². The van der Waals surface area contributed by atoms with Gasteiger partial charge in [0.15, 0.2) is 0 Å². The van der Waals surface area contributed by atoms with Gasteiger partial charge in [0.05, 0.1) is 0 Å². The lowest BCUT2D eigenvalue weighted by atomic mass is 9.76. The molecule has 0 amide bonds. The molecule has 102 valence electrons. The van der Waals surface area contributed by atoms with Gasteiger partial charge in [-0.05, 0) is 36.7 Å². The third-order valence-electron chi connectivity index (χ3n) is 4.13. The van der Waals surface area contributed by atoms with Gasteiger partial charge in [-0.3, -0.25) is 0 Å². The van der Waals surface area contributed by atoms with Crippen LogP contribution in [0.15, 0.2) is 30.3 Å². The zero-order valence-corrected chi connectivity index (χ0v) is 12.5. The van der Waals surface area contributed by atoms with E-state index in [1.54, 1.807) is 0 Å². The molecule has 0 aliphatic carbocycles. The maximum atomic E-state index is 2.50. The quantitative estimate of drug-likeness (QED) is 0.501. The summed E-state index contributed by atoms with van der Waals surface area (Å²) in [7, 11) is 0. The Kier molecular flexibility index (Phi) is 7.08. The Morgan fingerprint density at radius 3 is 1.89 bits per heavy atom. The molecule has 0 nitrogen and oxygen atoms in total. The van der Waals surface area contributed by atoms with Crippen molar-refractivity contribution in [2.24, 2.45) is 5.41 Å². The smallest absolute Gasteiger partial charge is 0.0274 e. The zero-order chi connectivity index (χ0) is 13.3. The van der Waals surface area contributed by atoms with E-state index in [9.17, 15) is 0 Å². The fourth-order valence-electron chi connectivity index (χ4n) is 2.67. The van der Waals surface area contributed by atoms with Crippen molar-refractivity contribution in [2.75, 3.05) is 0 Å². The fraction of sp³-hybridized carbons (Fsp3) is 0.667. The van der Waals surface area contributed by atoms with Crippen LogP contribution in [-0.4, -0.2) is 0 Å². The minimum absolute atomic E-state index is 0.557. The van der Waals surface area contributed by atoms with Crippen LogP contribution in [0.25, 0.3) is 0 Å². The van der Waals surface area contributed by atoms with Gasteiger partial charge in [0.1, 0.15) is 0 Å². The lowest BCUT2D eigenvalue weighted by molar-refractivity contribution is 0.235. The average molecular weight is 246 g/mol. The van der Waals surface area contributed by atoms with Gasteiger partial charge in [0, 0.05) is 0 Å². The van der Waals surface area contributed by atoms with Crippen molar-refractivity contribution in [3.63, 3.8) is 0 Å². The van der Waals surface area contributed by atoms with Gasteiger partial charge < -0.3 is 0 Å². The van der Waals surface area contributed by atoms with Gasteiger partial charge in [-0.1, -0.05) is 76.8 Å². The van der Waals surface area contributed by atoms with Crippen LogP contribution < -0.4 is 0 Å². The van der Waals surface area contributed by atoms with Gasteiger partial charge in [-0.2, -0.15) is 0 Å². The number of hydrogen-bond donors (Lipinski definition) is 0. The van der Waals surface area contributed by atoms with Crippen LogP contribution in [0.4, 0.5) is 0 Å². The van der Waals surface area contributed by atoms with Crippen molar-refractivity contribution in [1.82, 2.24) is 0 Å². The van der Waals surface area contributed by atoms with E-state index in [1.807, 2.05) is 0 Å². The van der Waals surface area contributed by atoms with E-state index < -0.39 is 0 Å². The van der Waals surface area contributed by atoms with Crippen LogP contribution in [0, 0.1) is 5.41 Å². The molecule has 1 aromatic carbocycles. The van der Waals surface area contributed by atoms with Gasteiger partial charge in [0.2, 0.25) is 0 Å². The number of rotatable bonds is 9. The third-order valence-corrected chi connectivity index (χ3v) is 4.13. The van der Waals surface area contributed by atoms with E-state index in [2.05, 4.69) is 51.1 Å². The van der Waals surface area contributed by atoms with E-state index in [0.717, 1.165) is 0 Å². The molecule has 0 fully saturated rings. The van der Waals surface area contributed by atoms with Crippen molar-refractivity contribution in [1.29, 1.82) is 0 Å². The summed E-state index contributed by atoms with van der Waals surface area (Å²) in [6.07, 6.45) is 10.8. The topological polar surface area (TPSA) is 0 Å². The summed E-state index contributed by atoms with van der Waals surface area (Å²) in [5.74, 6) is 0. The highest BCUT2D eigenvalue weighted by atomic mass is 14.3. The summed E-state index contributed by atoms with van der Waals surface area (Å²) in [4.78, 5) is 0. The normalized spacial score (nSPS) is 11.7. The molecule has 0 saturated carbocycles. The van der Waals surface area contributed by atoms with Crippen molar-refractivity contribution in [3.8, 4) is 0 Å². The van der Waals surface area contributed by atoms with E-state index in [1.165, 1.54) is 56.9 Å². The third kappa shape index (κ3) is 5.71. The van der Waals surface area contributed by atoms with Crippen molar-refractivity contribution in [2.45, 2.75) is 72.1 Å². The molecule has 0 spiro atoms. The minimum atomic E-state index is 0.557. The second-order valence-corrected chi connectivity index (χ2v) is 6.00. The molecule has 0 aliphatic heterocycles. The molecule has 0 N–H and O–H groups in total. The lowest BCUT2D eigenvalue weighted by Gasteiger charge is -2.30. The Bertz CT molecular complexity index is 291. The second-order valence-electron chi connectivity index (χ2n) is 6.00. The predicted octanol–water partition coefficient (Wildman–Crippen LogP) is 6.01. The number of benzene rings is 1. The van der Waals surface area contributed by atoms with E-state index in [-0.39, 0.29) is 0 Å². The maximum absolute atomic E-state index is 2.50. The van der Waals surface area contributed by atoms with E-state index in [0.29, 0.717) is 5.41 Å². The van der Waals surface area contributed by atoms with Gasteiger partial charge in [0.25, 0.3) is 0 Å². The molecule has 0 aromatic heterocycles. The van der Waals surface area contributed by atoms with E-state index in [4.69, 9.17) is 0 Å². The minimum Gasteiger partial charge on any atom is -0.0654 e. The standard InChI is InChI=1S/C18H30/c1-4-6-14-18(3,15-7-5-2)16-13-17-11-9-8-10-12-17/h8-12H,4-7,13-16H2,1-3H3. The number of hydrogen-bond acceptors (Lipinski definition) is 0. The second kappa shape index (κ2) is 8.34. The Hall–Kier alpha value is -0.780. The molecule has 18 heavy (non-hydrogen) atoms. The van der Waals surface area contributed by atoms with Gasteiger partial charge in [-0.25, -0.2) is 0 Å². The molecule has 0 atom stereocenters. The summed E-state index contributed by atoms with van der Waals surface area (Å²) in [6.45, 7) is 7.11.